The summed E-state index contributed by atoms with van der Waals surface area (Å²) in [5, 5.41) is 17.2. The van der Waals surface area contributed by atoms with Crippen LogP contribution in [0, 0.1) is 11.6 Å². The predicted molar refractivity (Wildman–Crippen MR) is 116 cm³/mol. The number of anilines is 1. The number of benzene rings is 1. The van der Waals surface area contributed by atoms with Crippen LogP contribution in [0.15, 0.2) is 24.5 Å². The van der Waals surface area contributed by atoms with E-state index in [9.17, 15) is 13.9 Å². The van der Waals surface area contributed by atoms with E-state index in [-0.39, 0.29) is 35.3 Å². The second-order valence-electron chi connectivity index (χ2n) is 9.10. The molecule has 7 nitrogen and oxygen atoms in total. The SMILES string of the molecule is CC1(C)Cc2cnc3c(F)cc(-c4nc(N[C@@H]5CCOC[C@H]5O)ncc4F)cc3c2CN1. The van der Waals surface area contributed by atoms with E-state index >= 15 is 0 Å². The monoisotopic (exact) mass is 441 g/mol. The molecule has 2 aromatic heterocycles. The fourth-order valence-electron chi connectivity index (χ4n) is 4.41. The van der Waals surface area contributed by atoms with E-state index in [1.807, 2.05) is 0 Å². The fourth-order valence-corrected chi connectivity index (χ4v) is 4.41. The third-order valence-electron chi connectivity index (χ3n) is 6.16. The van der Waals surface area contributed by atoms with Gasteiger partial charge in [-0.1, -0.05) is 0 Å². The van der Waals surface area contributed by atoms with Gasteiger partial charge in [0.25, 0.3) is 0 Å². The molecule has 0 aliphatic carbocycles. The Balaban J connectivity index is 1.56. The summed E-state index contributed by atoms with van der Waals surface area (Å²) < 4.78 is 34.9. The van der Waals surface area contributed by atoms with Crippen molar-refractivity contribution in [1.82, 2.24) is 20.3 Å². The molecule has 2 aliphatic heterocycles. The van der Waals surface area contributed by atoms with Gasteiger partial charge < -0.3 is 20.5 Å². The number of hydrogen-bond acceptors (Lipinski definition) is 7. The van der Waals surface area contributed by atoms with Gasteiger partial charge >= 0.3 is 0 Å². The van der Waals surface area contributed by atoms with Crippen LogP contribution in [-0.2, 0) is 17.7 Å². The second-order valence-corrected chi connectivity index (χ2v) is 9.10. The van der Waals surface area contributed by atoms with Crippen molar-refractivity contribution in [3.8, 4) is 11.3 Å². The van der Waals surface area contributed by atoms with Gasteiger partial charge in [0.2, 0.25) is 5.95 Å². The van der Waals surface area contributed by atoms with Crippen molar-refractivity contribution in [1.29, 1.82) is 0 Å². The van der Waals surface area contributed by atoms with Crippen LogP contribution in [0.2, 0.25) is 0 Å². The zero-order valence-electron chi connectivity index (χ0n) is 18.0. The molecule has 5 rings (SSSR count). The number of fused-ring (bicyclic) bond motifs is 3. The van der Waals surface area contributed by atoms with Crippen LogP contribution in [0.5, 0.6) is 0 Å². The maximum Gasteiger partial charge on any atom is 0.223 e. The molecule has 0 radical (unpaired) electrons. The van der Waals surface area contributed by atoms with Crippen LogP contribution in [0.3, 0.4) is 0 Å². The van der Waals surface area contributed by atoms with E-state index < -0.39 is 17.7 Å². The summed E-state index contributed by atoms with van der Waals surface area (Å²) in [5.41, 5.74) is 2.50. The first kappa shape index (κ1) is 21.1. The molecule has 0 saturated carbocycles. The lowest BCUT2D eigenvalue weighted by Crippen LogP contribution is -2.44. The van der Waals surface area contributed by atoms with Crippen LogP contribution in [0.1, 0.15) is 31.4 Å². The summed E-state index contributed by atoms with van der Waals surface area (Å²) in [5.74, 6) is -1.01. The third kappa shape index (κ3) is 3.92. The van der Waals surface area contributed by atoms with Gasteiger partial charge in [-0.25, -0.2) is 18.7 Å². The van der Waals surface area contributed by atoms with Crippen LogP contribution in [-0.4, -0.2) is 51.0 Å². The zero-order chi connectivity index (χ0) is 22.5. The lowest BCUT2D eigenvalue weighted by Gasteiger charge is -2.33. The van der Waals surface area contributed by atoms with Crippen LogP contribution in [0.4, 0.5) is 14.7 Å². The first-order valence-corrected chi connectivity index (χ1v) is 10.7. The Kier molecular flexibility index (Phi) is 5.27. The molecule has 1 fully saturated rings. The standard InChI is InChI=1S/C23H25F2N5O2/c1-23(2)7-13-8-26-21-14(15(13)9-28-23)5-12(6-16(21)24)20-17(25)10-27-22(30-20)29-18-3-4-32-11-19(18)31/h5-6,8,10,18-19,28,31H,3-4,7,9,11H2,1-2H3,(H,27,29,30)/t18-,19-/m1/s1. The molecule has 1 saturated heterocycles. The number of nitrogens with one attached hydrogen (secondary N) is 2. The van der Waals surface area contributed by atoms with Crippen molar-refractivity contribution in [3.05, 3.63) is 47.3 Å². The Labute approximate surface area is 184 Å². The minimum Gasteiger partial charge on any atom is -0.389 e. The molecule has 168 valence electrons. The highest BCUT2D eigenvalue weighted by Crippen LogP contribution is 2.33. The van der Waals surface area contributed by atoms with Crippen molar-refractivity contribution < 1.29 is 18.6 Å². The molecule has 2 aliphatic rings. The van der Waals surface area contributed by atoms with Crippen LogP contribution in [0.25, 0.3) is 22.2 Å². The smallest absolute Gasteiger partial charge is 0.223 e. The summed E-state index contributed by atoms with van der Waals surface area (Å²) in [4.78, 5) is 12.6. The number of halogens is 2. The van der Waals surface area contributed by atoms with Crippen molar-refractivity contribution in [2.24, 2.45) is 0 Å². The van der Waals surface area contributed by atoms with Gasteiger partial charge in [0.05, 0.1) is 24.9 Å². The van der Waals surface area contributed by atoms with Crippen molar-refractivity contribution in [2.75, 3.05) is 18.5 Å². The van der Waals surface area contributed by atoms with Crippen LogP contribution < -0.4 is 10.6 Å². The number of pyridine rings is 1. The highest BCUT2D eigenvalue weighted by molar-refractivity contribution is 5.88. The van der Waals surface area contributed by atoms with Gasteiger partial charge in [0, 0.05) is 35.8 Å². The number of aromatic nitrogens is 3. The molecular formula is C23H25F2N5O2. The van der Waals surface area contributed by atoms with Crippen molar-refractivity contribution in [2.45, 2.75) is 50.9 Å². The van der Waals surface area contributed by atoms with E-state index in [1.165, 1.54) is 6.07 Å². The number of rotatable bonds is 3. The Morgan fingerprint density at radius 1 is 1.19 bits per heavy atom. The second kappa shape index (κ2) is 7.99. The fraction of sp³-hybridized carbons (Fsp3) is 0.435. The van der Waals surface area contributed by atoms with Gasteiger partial charge in [-0.3, -0.25) is 4.98 Å². The highest BCUT2D eigenvalue weighted by Gasteiger charge is 2.27. The summed E-state index contributed by atoms with van der Waals surface area (Å²) in [6.07, 6.45) is 3.41. The van der Waals surface area contributed by atoms with E-state index in [4.69, 9.17) is 4.74 Å². The van der Waals surface area contributed by atoms with Crippen molar-refractivity contribution in [3.63, 3.8) is 0 Å². The number of nitrogens with zero attached hydrogens (tertiary/aromatic N) is 3. The third-order valence-corrected chi connectivity index (χ3v) is 6.16. The number of aliphatic hydroxyl groups is 1. The molecule has 3 aromatic rings. The van der Waals surface area contributed by atoms with E-state index in [0.29, 0.717) is 30.5 Å². The largest absolute Gasteiger partial charge is 0.389 e. The Bertz CT molecular complexity index is 1190. The summed E-state index contributed by atoms with van der Waals surface area (Å²) >= 11 is 0. The molecule has 9 heteroatoms. The predicted octanol–water partition coefficient (Wildman–Crippen LogP) is 2.96. The maximum absolute atomic E-state index is 15.0. The number of aliphatic hydroxyl groups excluding tert-OH is 1. The number of ether oxygens (including phenoxy) is 1. The average Bonchev–Trinajstić information content (AvgIpc) is 2.75. The van der Waals surface area contributed by atoms with E-state index in [0.717, 1.165) is 23.7 Å². The van der Waals surface area contributed by atoms with Gasteiger partial charge in [-0.2, -0.15) is 0 Å². The zero-order valence-corrected chi connectivity index (χ0v) is 18.0. The molecule has 3 N–H and O–H groups in total. The van der Waals surface area contributed by atoms with Gasteiger partial charge in [0.1, 0.15) is 17.0 Å². The molecule has 1 aromatic carbocycles. The Morgan fingerprint density at radius 2 is 2.03 bits per heavy atom. The minimum atomic E-state index is -0.715. The molecule has 0 spiro atoms. The molecular weight excluding hydrogens is 416 g/mol. The molecule has 0 amide bonds. The Morgan fingerprint density at radius 3 is 2.84 bits per heavy atom. The van der Waals surface area contributed by atoms with E-state index in [2.05, 4.69) is 39.4 Å². The Hall–Kier alpha value is -2.75. The quantitative estimate of drug-likeness (QED) is 0.576. The van der Waals surface area contributed by atoms with Gasteiger partial charge in [-0.15, -0.1) is 0 Å². The van der Waals surface area contributed by atoms with Crippen molar-refractivity contribution >= 4 is 16.9 Å². The lowest BCUT2D eigenvalue weighted by molar-refractivity contribution is -0.0136. The average molecular weight is 441 g/mol. The van der Waals surface area contributed by atoms with Gasteiger partial charge in [0.15, 0.2) is 5.82 Å². The highest BCUT2D eigenvalue weighted by atomic mass is 19.1. The molecule has 2 atom stereocenters. The first-order valence-electron chi connectivity index (χ1n) is 10.7. The lowest BCUT2D eigenvalue weighted by atomic mass is 9.87. The summed E-state index contributed by atoms with van der Waals surface area (Å²) in [6, 6.07) is 2.68. The topological polar surface area (TPSA) is 92.2 Å². The normalized spacial score (nSPS) is 22.5. The summed E-state index contributed by atoms with van der Waals surface area (Å²) in [7, 11) is 0. The molecule has 0 unspecified atom stereocenters. The van der Waals surface area contributed by atoms with Crippen LogP contribution >= 0.6 is 0 Å². The molecule has 32 heavy (non-hydrogen) atoms. The maximum atomic E-state index is 15.0. The molecule has 0 bridgehead atoms. The minimum absolute atomic E-state index is 0.00782. The van der Waals surface area contributed by atoms with Gasteiger partial charge in [-0.05, 0) is 49.9 Å². The van der Waals surface area contributed by atoms with E-state index in [1.54, 1.807) is 12.3 Å². The number of hydrogen-bond donors (Lipinski definition) is 3. The summed E-state index contributed by atoms with van der Waals surface area (Å²) in [6.45, 7) is 5.51. The molecule has 4 heterocycles. The first-order chi connectivity index (χ1) is 15.3.